The molecule has 3 nitrogen and oxygen atoms in total. The Hall–Kier alpha value is -0.120. The van der Waals surface area contributed by atoms with Crippen molar-refractivity contribution in [1.29, 1.82) is 0 Å². The second kappa shape index (κ2) is 6.99. The van der Waals surface area contributed by atoms with Gasteiger partial charge in [-0.3, -0.25) is 11.3 Å². The summed E-state index contributed by atoms with van der Waals surface area (Å²) < 4.78 is 5.20. The Morgan fingerprint density at radius 2 is 2.20 bits per heavy atom. The Bertz CT molecular complexity index is 68.6. The van der Waals surface area contributed by atoms with Crippen LogP contribution in [-0.4, -0.2) is 19.3 Å². The number of nitrogens with two attached hydrogens (primary N) is 1. The third kappa shape index (κ3) is 4.73. The first-order valence-electron chi connectivity index (χ1n) is 3.89. The lowest BCUT2D eigenvalue weighted by molar-refractivity contribution is 0.120. The number of ether oxygens (including phenoxy) is 1. The molecule has 0 aliphatic heterocycles. The lowest BCUT2D eigenvalue weighted by Crippen LogP contribution is -2.38. The van der Waals surface area contributed by atoms with Crippen molar-refractivity contribution in [3.05, 3.63) is 0 Å². The predicted molar refractivity (Wildman–Crippen MR) is 42.5 cm³/mol. The Morgan fingerprint density at radius 1 is 1.50 bits per heavy atom. The summed E-state index contributed by atoms with van der Waals surface area (Å²) in [6.45, 7) is 5.61. The minimum absolute atomic E-state index is 0.324. The van der Waals surface area contributed by atoms with Crippen LogP contribution in [0.1, 0.15) is 26.7 Å². The largest absolute Gasteiger partial charge is 0.380 e. The number of hydrogen-bond donors (Lipinski definition) is 2. The van der Waals surface area contributed by atoms with E-state index in [0.29, 0.717) is 6.04 Å². The molecule has 3 heteroatoms. The van der Waals surface area contributed by atoms with E-state index in [4.69, 9.17) is 10.6 Å². The summed E-state index contributed by atoms with van der Waals surface area (Å²) in [6, 6.07) is 0.324. The average Bonchev–Trinajstić information content (AvgIpc) is 1.98. The molecule has 0 fully saturated rings. The molecule has 1 atom stereocenters. The summed E-state index contributed by atoms with van der Waals surface area (Å²) in [5, 5.41) is 0. The topological polar surface area (TPSA) is 47.3 Å². The molecule has 0 heterocycles. The van der Waals surface area contributed by atoms with Crippen LogP contribution in [0.2, 0.25) is 0 Å². The molecule has 10 heavy (non-hydrogen) atoms. The Morgan fingerprint density at radius 3 is 2.60 bits per heavy atom. The fourth-order valence-corrected chi connectivity index (χ4v) is 0.823. The van der Waals surface area contributed by atoms with Crippen LogP contribution in [0.4, 0.5) is 0 Å². The van der Waals surface area contributed by atoms with Gasteiger partial charge in [-0.15, -0.1) is 0 Å². The first-order valence-corrected chi connectivity index (χ1v) is 3.89. The van der Waals surface area contributed by atoms with Crippen molar-refractivity contribution >= 4 is 0 Å². The quantitative estimate of drug-likeness (QED) is 0.427. The molecule has 1 unspecified atom stereocenters. The molecule has 0 aliphatic rings. The van der Waals surface area contributed by atoms with E-state index >= 15 is 0 Å². The molecular weight excluding hydrogens is 128 g/mol. The maximum Gasteiger partial charge on any atom is 0.0632 e. The molecule has 0 saturated carbocycles. The molecular formula is C7H18N2O. The van der Waals surface area contributed by atoms with Crippen LogP contribution in [0.15, 0.2) is 0 Å². The highest BCUT2D eigenvalue weighted by Crippen LogP contribution is 1.95. The van der Waals surface area contributed by atoms with E-state index in [1.54, 1.807) is 0 Å². The average molecular weight is 146 g/mol. The van der Waals surface area contributed by atoms with Gasteiger partial charge in [0.2, 0.25) is 0 Å². The number of nitrogens with one attached hydrogen (secondary N) is 1. The zero-order valence-electron chi connectivity index (χ0n) is 6.89. The van der Waals surface area contributed by atoms with Gasteiger partial charge in [-0.1, -0.05) is 13.3 Å². The molecule has 0 aromatic heterocycles. The molecule has 0 rings (SSSR count). The first kappa shape index (κ1) is 9.88. The highest BCUT2D eigenvalue weighted by Gasteiger charge is 2.02. The number of rotatable bonds is 6. The van der Waals surface area contributed by atoms with Gasteiger partial charge in [-0.05, 0) is 13.3 Å². The summed E-state index contributed by atoms with van der Waals surface area (Å²) in [5.41, 5.74) is 2.71. The first-order chi connectivity index (χ1) is 4.85. The lowest BCUT2D eigenvalue weighted by atomic mass is 10.2. The molecule has 0 aromatic carbocycles. The number of hydrazine groups is 1. The van der Waals surface area contributed by atoms with Crippen LogP contribution in [0, 0.1) is 0 Å². The lowest BCUT2D eigenvalue weighted by Gasteiger charge is -2.13. The van der Waals surface area contributed by atoms with Gasteiger partial charge in [0.25, 0.3) is 0 Å². The van der Waals surface area contributed by atoms with Crippen molar-refractivity contribution in [2.24, 2.45) is 5.84 Å². The summed E-state index contributed by atoms with van der Waals surface area (Å²) in [5.74, 6) is 5.27. The molecule has 0 aromatic rings. The fourth-order valence-electron chi connectivity index (χ4n) is 0.823. The number of hydrogen-bond acceptors (Lipinski definition) is 3. The van der Waals surface area contributed by atoms with E-state index < -0.39 is 0 Å². The zero-order chi connectivity index (χ0) is 7.82. The summed E-state index contributed by atoms with van der Waals surface area (Å²) >= 11 is 0. The standard InChI is InChI=1S/C7H18N2O/c1-3-5-7(9-8)6-10-4-2/h7,9H,3-6,8H2,1-2H3. The van der Waals surface area contributed by atoms with Crippen molar-refractivity contribution in [1.82, 2.24) is 5.43 Å². The highest BCUT2D eigenvalue weighted by molar-refractivity contribution is 4.60. The molecule has 62 valence electrons. The minimum atomic E-state index is 0.324. The van der Waals surface area contributed by atoms with Gasteiger partial charge in [0.15, 0.2) is 0 Å². The summed E-state index contributed by atoms with van der Waals surface area (Å²) in [7, 11) is 0. The van der Waals surface area contributed by atoms with Crippen molar-refractivity contribution in [3.8, 4) is 0 Å². The monoisotopic (exact) mass is 146 g/mol. The molecule has 0 spiro atoms. The minimum Gasteiger partial charge on any atom is -0.380 e. The van der Waals surface area contributed by atoms with Crippen molar-refractivity contribution in [2.75, 3.05) is 13.2 Å². The highest BCUT2D eigenvalue weighted by atomic mass is 16.5. The van der Waals surface area contributed by atoms with Crippen molar-refractivity contribution < 1.29 is 4.74 Å². The second-order valence-corrected chi connectivity index (χ2v) is 2.31. The van der Waals surface area contributed by atoms with E-state index in [2.05, 4.69) is 12.3 Å². The van der Waals surface area contributed by atoms with Gasteiger partial charge in [-0.2, -0.15) is 0 Å². The maximum atomic E-state index is 5.27. The SMILES string of the molecule is CCCC(COCC)NN. The van der Waals surface area contributed by atoms with Crippen molar-refractivity contribution in [2.45, 2.75) is 32.7 Å². The molecule has 3 N–H and O–H groups in total. The summed E-state index contributed by atoms with van der Waals surface area (Å²) in [4.78, 5) is 0. The molecule has 0 radical (unpaired) electrons. The van der Waals surface area contributed by atoms with Gasteiger partial charge in [-0.25, -0.2) is 0 Å². The Balaban J connectivity index is 3.21. The van der Waals surface area contributed by atoms with Gasteiger partial charge in [0.05, 0.1) is 6.61 Å². The van der Waals surface area contributed by atoms with E-state index in [1.807, 2.05) is 6.92 Å². The van der Waals surface area contributed by atoms with Crippen LogP contribution in [0.5, 0.6) is 0 Å². The maximum absolute atomic E-state index is 5.27. The molecule has 0 aliphatic carbocycles. The smallest absolute Gasteiger partial charge is 0.0632 e. The van der Waals surface area contributed by atoms with Crippen LogP contribution in [-0.2, 0) is 4.74 Å². The van der Waals surface area contributed by atoms with E-state index in [1.165, 1.54) is 0 Å². The van der Waals surface area contributed by atoms with Gasteiger partial charge in [0.1, 0.15) is 0 Å². The van der Waals surface area contributed by atoms with E-state index in [-0.39, 0.29) is 0 Å². The van der Waals surface area contributed by atoms with E-state index in [0.717, 1.165) is 26.1 Å². The summed E-state index contributed by atoms with van der Waals surface area (Å²) in [6.07, 6.45) is 2.22. The predicted octanol–water partition coefficient (Wildman–Crippen LogP) is 0.655. The Labute approximate surface area is 62.9 Å². The van der Waals surface area contributed by atoms with Crippen LogP contribution < -0.4 is 11.3 Å². The van der Waals surface area contributed by atoms with Crippen LogP contribution >= 0.6 is 0 Å². The van der Waals surface area contributed by atoms with E-state index in [9.17, 15) is 0 Å². The molecule has 0 amide bonds. The van der Waals surface area contributed by atoms with Gasteiger partial charge < -0.3 is 4.74 Å². The van der Waals surface area contributed by atoms with Crippen LogP contribution in [0.3, 0.4) is 0 Å². The van der Waals surface area contributed by atoms with Crippen molar-refractivity contribution in [3.63, 3.8) is 0 Å². The molecule has 0 saturated heterocycles. The van der Waals surface area contributed by atoms with Gasteiger partial charge in [0, 0.05) is 12.6 Å². The zero-order valence-corrected chi connectivity index (χ0v) is 6.89. The van der Waals surface area contributed by atoms with Crippen LogP contribution in [0.25, 0.3) is 0 Å². The molecule has 0 bridgehead atoms. The normalized spacial score (nSPS) is 13.5. The third-order valence-corrected chi connectivity index (χ3v) is 1.40. The van der Waals surface area contributed by atoms with Gasteiger partial charge >= 0.3 is 0 Å². The fraction of sp³-hybridized carbons (Fsp3) is 1.00. The Kier molecular flexibility index (Phi) is 6.91. The second-order valence-electron chi connectivity index (χ2n) is 2.31. The third-order valence-electron chi connectivity index (χ3n) is 1.40.